The first-order valence-corrected chi connectivity index (χ1v) is 13.6. The Labute approximate surface area is 221 Å². The lowest BCUT2D eigenvalue weighted by Crippen LogP contribution is -2.35. The fraction of sp³-hybridized carbons (Fsp3) is 0.333. The molecule has 7 rings (SSSR count). The Balaban J connectivity index is 1.33. The van der Waals surface area contributed by atoms with Crippen molar-refractivity contribution in [2.24, 2.45) is 0 Å². The van der Waals surface area contributed by atoms with Crippen molar-refractivity contribution in [2.75, 3.05) is 39.4 Å². The molecule has 4 heterocycles. The smallest absolute Gasteiger partial charge is 0.140 e. The maximum atomic E-state index is 6.45. The summed E-state index contributed by atoms with van der Waals surface area (Å²) in [5, 5.41) is 5.39. The minimum absolute atomic E-state index is 0.298. The predicted molar refractivity (Wildman–Crippen MR) is 149 cm³/mol. The molecule has 3 aliphatic rings. The lowest BCUT2D eigenvalue weighted by molar-refractivity contribution is 0.0550. The van der Waals surface area contributed by atoms with Crippen molar-refractivity contribution in [2.45, 2.75) is 24.7 Å². The summed E-state index contributed by atoms with van der Waals surface area (Å²) in [5.41, 5.74) is 8.01. The summed E-state index contributed by atoms with van der Waals surface area (Å²) in [4.78, 5) is 16.0. The number of benzene rings is 2. The molecule has 0 amide bonds. The number of rotatable bonds is 4. The lowest BCUT2D eigenvalue weighted by Gasteiger charge is -2.32. The first-order chi connectivity index (χ1) is 18.2. The standard InChI is InChI=1S/C30H30ClN5O/c31-21-7-8-26-24(16-21)28(20-9-10-32-17-20)25(18-33-26)30-34-27-6-2-5-23(29(27)35-30)19-3-1-4-22(15-19)36-11-13-37-14-12-36/h1-2,4-8,15-16,18-20,32H,3,9-14,17H2,(H,34,35). The van der Waals surface area contributed by atoms with E-state index in [4.69, 9.17) is 26.3 Å². The van der Waals surface area contributed by atoms with Gasteiger partial charge in [-0.2, -0.15) is 0 Å². The van der Waals surface area contributed by atoms with Gasteiger partial charge >= 0.3 is 0 Å². The van der Waals surface area contributed by atoms with E-state index in [1.807, 2.05) is 18.3 Å². The molecule has 0 saturated carbocycles. The van der Waals surface area contributed by atoms with Crippen LogP contribution in [0.4, 0.5) is 0 Å². The van der Waals surface area contributed by atoms with Gasteiger partial charge < -0.3 is 19.9 Å². The van der Waals surface area contributed by atoms with Gasteiger partial charge in [-0.3, -0.25) is 4.98 Å². The first kappa shape index (κ1) is 23.0. The monoisotopic (exact) mass is 511 g/mol. The molecule has 2 aromatic carbocycles. The maximum absolute atomic E-state index is 6.45. The molecule has 2 N–H and O–H groups in total. The zero-order valence-corrected chi connectivity index (χ0v) is 21.5. The summed E-state index contributed by atoms with van der Waals surface area (Å²) in [6.07, 6.45) is 11.0. The van der Waals surface area contributed by atoms with E-state index in [-0.39, 0.29) is 0 Å². The molecule has 4 aromatic rings. The van der Waals surface area contributed by atoms with Gasteiger partial charge in [-0.15, -0.1) is 0 Å². The van der Waals surface area contributed by atoms with Crippen molar-refractivity contribution in [3.63, 3.8) is 0 Å². The zero-order valence-electron chi connectivity index (χ0n) is 20.7. The lowest BCUT2D eigenvalue weighted by atomic mass is 9.90. The quantitative estimate of drug-likeness (QED) is 0.364. The fourth-order valence-corrected chi connectivity index (χ4v) is 6.29. The number of nitrogens with one attached hydrogen (secondary N) is 2. The largest absolute Gasteiger partial charge is 0.378 e. The Bertz CT molecular complexity index is 1530. The molecule has 0 bridgehead atoms. The number of pyridine rings is 1. The van der Waals surface area contributed by atoms with E-state index in [9.17, 15) is 0 Å². The number of ether oxygens (including phenoxy) is 1. The van der Waals surface area contributed by atoms with Crippen molar-refractivity contribution in [1.29, 1.82) is 0 Å². The second kappa shape index (κ2) is 9.60. The second-order valence-corrected chi connectivity index (χ2v) is 10.6. The fourth-order valence-electron chi connectivity index (χ4n) is 6.12. The summed E-state index contributed by atoms with van der Waals surface area (Å²) < 4.78 is 5.56. The van der Waals surface area contributed by atoms with Crippen LogP contribution in [0.1, 0.15) is 35.8 Å². The summed E-state index contributed by atoms with van der Waals surface area (Å²) >= 11 is 6.45. The number of hydrogen-bond acceptors (Lipinski definition) is 5. The van der Waals surface area contributed by atoms with Gasteiger partial charge in [-0.05, 0) is 66.8 Å². The predicted octanol–water partition coefficient (Wildman–Crippen LogP) is 5.77. The SMILES string of the molecule is Clc1ccc2ncc(-c3nc4cccc(C5C=C(N6CCOCC6)C=CC5)c4[nH]3)c(C3CCNC3)c2c1. The number of morpholine rings is 1. The molecule has 2 unspecified atom stereocenters. The van der Waals surface area contributed by atoms with Crippen LogP contribution in [0.15, 0.2) is 66.5 Å². The average molecular weight is 512 g/mol. The molecular weight excluding hydrogens is 482 g/mol. The van der Waals surface area contributed by atoms with Crippen LogP contribution >= 0.6 is 11.6 Å². The summed E-state index contributed by atoms with van der Waals surface area (Å²) in [7, 11) is 0. The van der Waals surface area contributed by atoms with Crippen LogP contribution in [0.5, 0.6) is 0 Å². The topological polar surface area (TPSA) is 66.1 Å². The molecule has 0 radical (unpaired) electrons. The Kier molecular flexibility index (Phi) is 5.96. The third kappa shape index (κ3) is 4.23. The van der Waals surface area contributed by atoms with E-state index < -0.39 is 0 Å². The van der Waals surface area contributed by atoms with Crippen LogP contribution in [0.25, 0.3) is 33.3 Å². The van der Waals surface area contributed by atoms with Gasteiger partial charge in [0.1, 0.15) is 5.82 Å². The molecule has 2 saturated heterocycles. The Morgan fingerprint density at radius 3 is 2.86 bits per heavy atom. The molecule has 2 atom stereocenters. The highest BCUT2D eigenvalue weighted by atomic mass is 35.5. The van der Waals surface area contributed by atoms with E-state index in [1.165, 1.54) is 16.8 Å². The summed E-state index contributed by atoms with van der Waals surface area (Å²) in [6, 6.07) is 12.5. The number of halogens is 1. The van der Waals surface area contributed by atoms with Gasteiger partial charge in [0.15, 0.2) is 0 Å². The van der Waals surface area contributed by atoms with Crippen LogP contribution in [0.3, 0.4) is 0 Å². The number of para-hydroxylation sites is 1. The minimum atomic E-state index is 0.298. The van der Waals surface area contributed by atoms with Gasteiger partial charge in [-0.25, -0.2) is 4.98 Å². The molecule has 7 heteroatoms. The van der Waals surface area contributed by atoms with E-state index in [0.717, 1.165) is 90.6 Å². The molecular formula is C30H30ClN5O. The molecule has 1 aliphatic carbocycles. The van der Waals surface area contributed by atoms with Crippen molar-refractivity contribution in [3.8, 4) is 11.4 Å². The number of fused-ring (bicyclic) bond motifs is 2. The zero-order chi connectivity index (χ0) is 24.8. The number of nitrogens with zero attached hydrogens (tertiary/aromatic N) is 3. The van der Waals surface area contributed by atoms with Crippen LogP contribution < -0.4 is 5.32 Å². The highest BCUT2D eigenvalue weighted by Gasteiger charge is 2.26. The number of hydrogen-bond donors (Lipinski definition) is 2. The van der Waals surface area contributed by atoms with Crippen molar-refractivity contribution >= 4 is 33.5 Å². The highest BCUT2D eigenvalue weighted by molar-refractivity contribution is 6.31. The third-order valence-corrected chi connectivity index (χ3v) is 8.21. The molecule has 2 aliphatic heterocycles. The van der Waals surface area contributed by atoms with E-state index in [2.05, 4.69) is 57.7 Å². The van der Waals surface area contributed by atoms with Crippen LogP contribution in [-0.4, -0.2) is 59.2 Å². The van der Waals surface area contributed by atoms with Crippen molar-refractivity contribution in [3.05, 3.63) is 82.7 Å². The molecule has 188 valence electrons. The number of H-pyrrole nitrogens is 1. The van der Waals surface area contributed by atoms with Crippen LogP contribution in [0.2, 0.25) is 5.02 Å². The minimum Gasteiger partial charge on any atom is -0.378 e. The summed E-state index contributed by atoms with van der Waals surface area (Å²) in [5.74, 6) is 1.57. The molecule has 6 nitrogen and oxygen atoms in total. The summed E-state index contributed by atoms with van der Waals surface area (Å²) in [6.45, 7) is 5.44. The van der Waals surface area contributed by atoms with Gasteiger partial charge in [0.05, 0.1) is 29.8 Å². The normalized spacial score (nSPS) is 22.2. The molecule has 37 heavy (non-hydrogen) atoms. The van der Waals surface area contributed by atoms with Crippen LogP contribution in [0, 0.1) is 0 Å². The Morgan fingerprint density at radius 2 is 2.00 bits per heavy atom. The van der Waals surface area contributed by atoms with E-state index in [1.54, 1.807) is 0 Å². The van der Waals surface area contributed by atoms with E-state index >= 15 is 0 Å². The highest BCUT2D eigenvalue weighted by Crippen LogP contribution is 2.39. The van der Waals surface area contributed by atoms with Crippen LogP contribution in [-0.2, 0) is 4.74 Å². The third-order valence-electron chi connectivity index (χ3n) is 7.97. The Hall–Kier alpha value is -3.19. The second-order valence-electron chi connectivity index (χ2n) is 10.2. The van der Waals surface area contributed by atoms with Gasteiger partial charge in [0.2, 0.25) is 0 Å². The molecule has 2 aromatic heterocycles. The Morgan fingerprint density at radius 1 is 1.08 bits per heavy atom. The average Bonchev–Trinajstić information content (AvgIpc) is 3.63. The number of aromatic amines is 1. The van der Waals surface area contributed by atoms with Gasteiger partial charge in [0, 0.05) is 53.4 Å². The molecule has 2 fully saturated rings. The molecule has 0 spiro atoms. The number of allylic oxidation sites excluding steroid dienone is 3. The number of imidazole rings is 1. The maximum Gasteiger partial charge on any atom is 0.140 e. The van der Waals surface area contributed by atoms with Gasteiger partial charge in [-0.1, -0.05) is 35.9 Å². The van der Waals surface area contributed by atoms with E-state index in [0.29, 0.717) is 11.8 Å². The first-order valence-electron chi connectivity index (χ1n) is 13.2. The van der Waals surface area contributed by atoms with Crippen molar-refractivity contribution in [1.82, 2.24) is 25.2 Å². The van der Waals surface area contributed by atoms with Gasteiger partial charge in [0.25, 0.3) is 0 Å². The number of aromatic nitrogens is 3. The van der Waals surface area contributed by atoms with Crippen molar-refractivity contribution < 1.29 is 4.74 Å².